The van der Waals surface area contributed by atoms with Crippen LogP contribution < -0.4 is 5.32 Å². The van der Waals surface area contributed by atoms with Gasteiger partial charge in [0, 0.05) is 37.5 Å². The van der Waals surface area contributed by atoms with Crippen molar-refractivity contribution in [3.05, 3.63) is 29.8 Å². The smallest absolute Gasteiger partial charge is 0.410 e. The summed E-state index contributed by atoms with van der Waals surface area (Å²) in [5.74, 6) is 2.54. The summed E-state index contributed by atoms with van der Waals surface area (Å²) in [6.07, 6.45) is 4.26. The number of aromatic nitrogens is 4. The molecule has 0 bridgehead atoms. The van der Waals surface area contributed by atoms with Crippen molar-refractivity contribution in [3.63, 3.8) is 0 Å². The van der Waals surface area contributed by atoms with Crippen LogP contribution >= 0.6 is 0 Å². The van der Waals surface area contributed by atoms with Gasteiger partial charge >= 0.3 is 6.09 Å². The molecule has 0 radical (unpaired) electrons. The van der Waals surface area contributed by atoms with Crippen molar-refractivity contribution in [1.29, 1.82) is 0 Å². The van der Waals surface area contributed by atoms with Crippen LogP contribution in [0.4, 0.5) is 16.4 Å². The first-order chi connectivity index (χ1) is 12.8. The number of H-pyrrole nitrogens is 1. The SMILES string of the molecule is Cc1cc(Nc2ccnc(C[C@@H]3CCCN(C(=O)OC(C)(C)C)C3)n2)n[nH]1. The molecule has 1 amide bonds. The van der Waals surface area contributed by atoms with Gasteiger partial charge in [-0.25, -0.2) is 14.8 Å². The first-order valence-electron chi connectivity index (χ1n) is 9.37. The molecule has 1 aliphatic heterocycles. The number of nitrogens with zero attached hydrogens (tertiary/aromatic N) is 4. The molecule has 27 heavy (non-hydrogen) atoms. The number of aromatic amines is 1. The summed E-state index contributed by atoms with van der Waals surface area (Å²) in [4.78, 5) is 23.1. The number of carbonyl (C=O) groups excluding carboxylic acids is 1. The third kappa shape index (κ3) is 5.67. The van der Waals surface area contributed by atoms with E-state index in [1.807, 2.05) is 39.8 Å². The third-order valence-electron chi connectivity index (χ3n) is 4.31. The van der Waals surface area contributed by atoms with E-state index in [0.29, 0.717) is 18.3 Å². The molecule has 3 rings (SSSR count). The minimum atomic E-state index is -0.474. The second-order valence-electron chi connectivity index (χ2n) is 8.06. The lowest BCUT2D eigenvalue weighted by molar-refractivity contribution is 0.0165. The number of rotatable bonds is 4. The average molecular weight is 372 g/mol. The van der Waals surface area contributed by atoms with Crippen molar-refractivity contribution < 1.29 is 9.53 Å². The maximum absolute atomic E-state index is 12.3. The molecule has 1 saturated heterocycles. The quantitative estimate of drug-likeness (QED) is 0.853. The second kappa shape index (κ2) is 7.94. The Bertz CT molecular complexity index is 783. The lowest BCUT2D eigenvalue weighted by Crippen LogP contribution is -2.43. The Hall–Kier alpha value is -2.64. The number of piperidine rings is 1. The Kier molecular flexibility index (Phi) is 5.62. The predicted molar refractivity (Wildman–Crippen MR) is 103 cm³/mol. The zero-order valence-electron chi connectivity index (χ0n) is 16.5. The summed E-state index contributed by atoms with van der Waals surface area (Å²) in [5, 5.41) is 10.2. The molecule has 8 nitrogen and oxygen atoms in total. The van der Waals surface area contributed by atoms with Gasteiger partial charge in [-0.2, -0.15) is 5.10 Å². The highest BCUT2D eigenvalue weighted by atomic mass is 16.6. The summed E-state index contributed by atoms with van der Waals surface area (Å²) < 4.78 is 5.50. The molecule has 1 aliphatic rings. The van der Waals surface area contributed by atoms with Gasteiger partial charge in [0.15, 0.2) is 5.82 Å². The molecule has 2 aromatic heterocycles. The fraction of sp³-hybridized carbons (Fsp3) is 0.579. The van der Waals surface area contributed by atoms with E-state index in [0.717, 1.165) is 43.1 Å². The lowest BCUT2D eigenvalue weighted by atomic mass is 9.94. The number of amides is 1. The van der Waals surface area contributed by atoms with Gasteiger partial charge in [0.2, 0.25) is 0 Å². The van der Waals surface area contributed by atoms with Crippen LogP contribution in [-0.4, -0.2) is 49.8 Å². The van der Waals surface area contributed by atoms with E-state index in [2.05, 4.69) is 25.5 Å². The van der Waals surface area contributed by atoms with Crippen LogP contribution in [0.2, 0.25) is 0 Å². The molecule has 146 valence electrons. The molecular formula is C19H28N6O2. The van der Waals surface area contributed by atoms with E-state index in [-0.39, 0.29) is 6.09 Å². The Labute approximate surface area is 159 Å². The molecule has 0 saturated carbocycles. The fourth-order valence-corrected chi connectivity index (χ4v) is 3.16. The van der Waals surface area contributed by atoms with Crippen LogP contribution in [0.5, 0.6) is 0 Å². The van der Waals surface area contributed by atoms with Crippen molar-refractivity contribution in [2.45, 2.75) is 52.6 Å². The number of nitrogens with one attached hydrogen (secondary N) is 2. The van der Waals surface area contributed by atoms with Crippen molar-refractivity contribution in [3.8, 4) is 0 Å². The third-order valence-corrected chi connectivity index (χ3v) is 4.31. The van der Waals surface area contributed by atoms with Gasteiger partial charge in [0.1, 0.15) is 17.2 Å². The van der Waals surface area contributed by atoms with Crippen molar-refractivity contribution in [1.82, 2.24) is 25.1 Å². The molecule has 3 heterocycles. The predicted octanol–water partition coefficient (Wildman–Crippen LogP) is 3.44. The molecule has 1 atom stereocenters. The Morgan fingerprint density at radius 1 is 1.41 bits per heavy atom. The summed E-state index contributed by atoms with van der Waals surface area (Å²) in [7, 11) is 0. The molecule has 2 aromatic rings. The van der Waals surface area contributed by atoms with E-state index >= 15 is 0 Å². The van der Waals surface area contributed by atoms with Crippen molar-refractivity contribution in [2.24, 2.45) is 5.92 Å². The minimum absolute atomic E-state index is 0.238. The molecule has 2 N–H and O–H groups in total. The van der Waals surface area contributed by atoms with Crippen molar-refractivity contribution in [2.75, 3.05) is 18.4 Å². The maximum Gasteiger partial charge on any atom is 0.410 e. The number of anilines is 2. The minimum Gasteiger partial charge on any atom is -0.444 e. The highest BCUT2D eigenvalue weighted by Gasteiger charge is 2.28. The largest absolute Gasteiger partial charge is 0.444 e. The fourth-order valence-electron chi connectivity index (χ4n) is 3.16. The Morgan fingerprint density at radius 2 is 2.22 bits per heavy atom. The molecule has 8 heteroatoms. The average Bonchev–Trinajstić information content (AvgIpc) is 2.99. The Balaban J connectivity index is 1.59. The first-order valence-corrected chi connectivity index (χ1v) is 9.37. The summed E-state index contributed by atoms with van der Waals surface area (Å²) in [6.45, 7) is 9.03. The number of likely N-dealkylation sites (tertiary alicyclic amines) is 1. The monoisotopic (exact) mass is 372 g/mol. The van der Waals surface area contributed by atoms with E-state index < -0.39 is 5.60 Å². The number of ether oxygens (including phenoxy) is 1. The molecule has 0 spiro atoms. The molecule has 0 aliphatic carbocycles. The van der Waals surface area contributed by atoms with E-state index in [9.17, 15) is 4.79 Å². The molecule has 1 fully saturated rings. The van der Waals surface area contributed by atoms with Crippen LogP contribution in [-0.2, 0) is 11.2 Å². The van der Waals surface area contributed by atoms with E-state index in [1.165, 1.54) is 0 Å². The van der Waals surface area contributed by atoms with Crippen molar-refractivity contribution >= 4 is 17.7 Å². The van der Waals surface area contributed by atoms with E-state index in [1.54, 1.807) is 11.1 Å². The summed E-state index contributed by atoms with van der Waals surface area (Å²) in [6, 6.07) is 3.74. The van der Waals surface area contributed by atoms with Gasteiger partial charge in [-0.1, -0.05) is 0 Å². The second-order valence-corrected chi connectivity index (χ2v) is 8.06. The molecule has 0 unspecified atom stereocenters. The summed E-state index contributed by atoms with van der Waals surface area (Å²) in [5.41, 5.74) is 0.508. The van der Waals surface area contributed by atoms with Gasteiger partial charge in [-0.3, -0.25) is 5.10 Å². The van der Waals surface area contributed by atoms with Crippen LogP contribution in [0.1, 0.15) is 45.1 Å². The molecular weight excluding hydrogens is 344 g/mol. The van der Waals surface area contributed by atoms with Gasteiger partial charge in [-0.05, 0) is 52.5 Å². The Morgan fingerprint density at radius 3 is 2.93 bits per heavy atom. The standard InChI is InChI=1S/C19H28N6O2/c1-13-10-17(24-23-13)22-15-7-8-20-16(21-15)11-14-6-5-9-25(12-14)18(26)27-19(2,3)4/h7-8,10,14H,5-6,9,11-12H2,1-4H3,(H2,20,21,22,23,24)/t14-/m0/s1. The number of hydrogen-bond donors (Lipinski definition) is 2. The van der Waals surface area contributed by atoms with E-state index in [4.69, 9.17) is 4.74 Å². The maximum atomic E-state index is 12.3. The topological polar surface area (TPSA) is 96.0 Å². The van der Waals surface area contributed by atoms with Crippen LogP contribution in [0.25, 0.3) is 0 Å². The highest BCUT2D eigenvalue weighted by Crippen LogP contribution is 2.22. The van der Waals surface area contributed by atoms with Crippen LogP contribution in [0.3, 0.4) is 0 Å². The van der Waals surface area contributed by atoms with Crippen LogP contribution in [0.15, 0.2) is 18.3 Å². The van der Waals surface area contributed by atoms with Gasteiger partial charge in [0.25, 0.3) is 0 Å². The summed E-state index contributed by atoms with van der Waals surface area (Å²) >= 11 is 0. The number of aryl methyl sites for hydroxylation is 1. The highest BCUT2D eigenvalue weighted by molar-refractivity contribution is 5.68. The number of carbonyl (C=O) groups is 1. The molecule has 0 aromatic carbocycles. The van der Waals surface area contributed by atoms with Gasteiger partial charge < -0.3 is 15.0 Å². The zero-order valence-corrected chi connectivity index (χ0v) is 16.5. The van der Waals surface area contributed by atoms with Gasteiger partial charge in [-0.15, -0.1) is 0 Å². The van der Waals surface area contributed by atoms with Crippen LogP contribution in [0, 0.1) is 12.8 Å². The first kappa shape index (κ1) is 19.1. The normalized spacial score (nSPS) is 17.6. The zero-order chi connectivity index (χ0) is 19.4. The lowest BCUT2D eigenvalue weighted by Gasteiger charge is -2.34. The van der Waals surface area contributed by atoms with Gasteiger partial charge in [0.05, 0.1) is 0 Å². The number of hydrogen-bond acceptors (Lipinski definition) is 6.